The summed E-state index contributed by atoms with van der Waals surface area (Å²) in [6, 6.07) is 8.90. The number of hydrogen-bond donors (Lipinski definition) is 0. The monoisotopic (exact) mass is 340 g/mol. The highest BCUT2D eigenvalue weighted by Crippen LogP contribution is 2.41. The summed E-state index contributed by atoms with van der Waals surface area (Å²) in [6.07, 6.45) is 4.88. The van der Waals surface area contributed by atoms with Crippen molar-refractivity contribution in [3.8, 4) is 6.07 Å². The zero-order valence-corrected chi connectivity index (χ0v) is 14.4. The van der Waals surface area contributed by atoms with Gasteiger partial charge in [-0.3, -0.25) is 4.79 Å². The molecule has 0 N–H and O–H groups in total. The third-order valence-corrected chi connectivity index (χ3v) is 5.21. The highest BCUT2D eigenvalue weighted by Gasteiger charge is 2.47. The third kappa shape index (κ3) is 3.76. The molecule has 1 aliphatic carbocycles. The summed E-state index contributed by atoms with van der Waals surface area (Å²) in [7, 11) is 0. The second-order valence-electron chi connectivity index (χ2n) is 6.74. The lowest BCUT2D eigenvalue weighted by Crippen LogP contribution is -2.56. The second-order valence-corrected chi connectivity index (χ2v) is 6.74. The molecular formula is C20H24N2O3. The maximum Gasteiger partial charge on any atom is 0.254 e. The minimum absolute atomic E-state index is 0.00447. The number of hydrogen-bond acceptors (Lipinski definition) is 4. The zero-order chi connectivity index (χ0) is 17.7. The molecule has 1 heterocycles. The van der Waals surface area contributed by atoms with Crippen LogP contribution in [0.1, 0.15) is 35.2 Å². The molecule has 0 unspecified atom stereocenters. The first-order valence-corrected chi connectivity index (χ1v) is 8.80. The van der Waals surface area contributed by atoms with E-state index in [-0.39, 0.29) is 11.5 Å². The second kappa shape index (κ2) is 7.81. The smallest absolute Gasteiger partial charge is 0.254 e. The molecule has 1 saturated heterocycles. The van der Waals surface area contributed by atoms with Gasteiger partial charge in [0.05, 0.1) is 43.6 Å². The van der Waals surface area contributed by atoms with Gasteiger partial charge in [0.25, 0.3) is 5.91 Å². The Kier molecular flexibility index (Phi) is 5.52. The Labute approximate surface area is 148 Å². The first-order valence-electron chi connectivity index (χ1n) is 8.80. The van der Waals surface area contributed by atoms with Crippen LogP contribution in [0.15, 0.2) is 36.9 Å². The molecule has 0 aromatic heterocycles. The maximum absolute atomic E-state index is 12.8. The largest absolute Gasteiger partial charge is 0.377 e. The minimum atomic E-state index is -0.290. The molecule has 1 spiro atoms. The quantitative estimate of drug-likeness (QED) is 0.611. The van der Waals surface area contributed by atoms with Gasteiger partial charge in [0, 0.05) is 18.0 Å². The molecule has 0 bridgehead atoms. The number of morpholine rings is 1. The average molecular weight is 340 g/mol. The Bertz CT molecular complexity index is 665. The predicted octanol–water partition coefficient (Wildman–Crippen LogP) is 2.77. The van der Waals surface area contributed by atoms with E-state index in [1.807, 2.05) is 4.90 Å². The summed E-state index contributed by atoms with van der Waals surface area (Å²) >= 11 is 0. The molecule has 0 radical (unpaired) electrons. The van der Waals surface area contributed by atoms with Crippen LogP contribution < -0.4 is 0 Å². The number of amides is 1. The van der Waals surface area contributed by atoms with Crippen molar-refractivity contribution < 1.29 is 14.3 Å². The summed E-state index contributed by atoms with van der Waals surface area (Å²) in [5, 5.41) is 8.89. The molecule has 1 aromatic carbocycles. The SMILES string of the molecule is C=CCOC[C@@H]1CCC[C@@]12CN(C(=O)c1ccc(C#N)cc1)CCO2. The van der Waals surface area contributed by atoms with Gasteiger partial charge in [-0.2, -0.15) is 5.26 Å². The summed E-state index contributed by atoms with van der Waals surface area (Å²) in [5.74, 6) is 0.314. The van der Waals surface area contributed by atoms with E-state index >= 15 is 0 Å². The zero-order valence-electron chi connectivity index (χ0n) is 14.4. The van der Waals surface area contributed by atoms with Crippen molar-refractivity contribution in [1.82, 2.24) is 4.90 Å². The van der Waals surface area contributed by atoms with E-state index in [9.17, 15) is 4.79 Å². The van der Waals surface area contributed by atoms with Crippen molar-refractivity contribution in [2.24, 2.45) is 5.92 Å². The van der Waals surface area contributed by atoms with Crippen molar-refractivity contribution in [2.75, 3.05) is 32.9 Å². The van der Waals surface area contributed by atoms with Gasteiger partial charge in [-0.25, -0.2) is 0 Å². The van der Waals surface area contributed by atoms with Crippen molar-refractivity contribution in [3.63, 3.8) is 0 Å². The van der Waals surface area contributed by atoms with E-state index in [4.69, 9.17) is 14.7 Å². The van der Waals surface area contributed by atoms with Gasteiger partial charge in [0.2, 0.25) is 0 Å². The molecule has 2 fully saturated rings. The molecule has 1 aromatic rings. The van der Waals surface area contributed by atoms with Crippen molar-refractivity contribution in [2.45, 2.75) is 24.9 Å². The van der Waals surface area contributed by atoms with Gasteiger partial charge in [-0.1, -0.05) is 12.5 Å². The number of nitriles is 1. The topological polar surface area (TPSA) is 62.6 Å². The minimum Gasteiger partial charge on any atom is -0.377 e. The summed E-state index contributed by atoms with van der Waals surface area (Å²) in [4.78, 5) is 14.7. The van der Waals surface area contributed by atoms with Crippen LogP contribution in [0.5, 0.6) is 0 Å². The summed E-state index contributed by atoms with van der Waals surface area (Å²) < 4.78 is 11.8. The molecule has 3 rings (SSSR count). The average Bonchev–Trinajstić information content (AvgIpc) is 3.03. The third-order valence-electron chi connectivity index (χ3n) is 5.21. The van der Waals surface area contributed by atoms with Crippen LogP contribution in [0.3, 0.4) is 0 Å². The van der Waals surface area contributed by atoms with Crippen LogP contribution in [-0.4, -0.2) is 49.3 Å². The standard InChI is InChI=1S/C20H24N2O3/c1-2-11-24-14-18-4-3-9-20(18)15-22(10-12-25-20)19(23)17-7-5-16(13-21)6-8-17/h2,5-8,18H,1,3-4,9-12,14-15H2/t18-,20+/m0/s1. The van der Waals surface area contributed by atoms with E-state index in [0.717, 1.165) is 19.3 Å². The highest BCUT2D eigenvalue weighted by molar-refractivity contribution is 5.94. The van der Waals surface area contributed by atoms with Gasteiger partial charge in [0.15, 0.2) is 0 Å². The van der Waals surface area contributed by atoms with Crippen molar-refractivity contribution in [3.05, 3.63) is 48.0 Å². The Balaban J connectivity index is 1.70. The summed E-state index contributed by atoms with van der Waals surface area (Å²) in [6.45, 7) is 6.63. The molecule has 1 aliphatic heterocycles. The van der Waals surface area contributed by atoms with E-state index < -0.39 is 0 Å². The molecule has 132 valence electrons. The van der Waals surface area contributed by atoms with Gasteiger partial charge in [-0.05, 0) is 37.1 Å². The molecule has 1 amide bonds. The number of carbonyl (C=O) groups excluding carboxylic acids is 1. The molecule has 2 aliphatic rings. The number of carbonyl (C=O) groups is 1. The fourth-order valence-electron chi connectivity index (χ4n) is 3.89. The Morgan fingerprint density at radius 1 is 1.48 bits per heavy atom. The highest BCUT2D eigenvalue weighted by atomic mass is 16.5. The Morgan fingerprint density at radius 2 is 2.28 bits per heavy atom. The lowest BCUT2D eigenvalue weighted by molar-refractivity contribution is -0.132. The lowest BCUT2D eigenvalue weighted by Gasteiger charge is -2.44. The van der Waals surface area contributed by atoms with Crippen LogP contribution in [-0.2, 0) is 9.47 Å². The van der Waals surface area contributed by atoms with Crippen LogP contribution in [0.25, 0.3) is 0 Å². The van der Waals surface area contributed by atoms with Crippen molar-refractivity contribution in [1.29, 1.82) is 5.26 Å². The fraction of sp³-hybridized carbons (Fsp3) is 0.500. The number of rotatable bonds is 5. The lowest BCUT2D eigenvalue weighted by atomic mass is 9.89. The fourth-order valence-corrected chi connectivity index (χ4v) is 3.89. The molecule has 5 nitrogen and oxygen atoms in total. The molecule has 25 heavy (non-hydrogen) atoms. The van der Waals surface area contributed by atoms with E-state index in [2.05, 4.69) is 12.6 Å². The predicted molar refractivity (Wildman–Crippen MR) is 94.1 cm³/mol. The van der Waals surface area contributed by atoms with E-state index in [0.29, 0.717) is 50.0 Å². The van der Waals surface area contributed by atoms with Crippen molar-refractivity contribution >= 4 is 5.91 Å². The van der Waals surface area contributed by atoms with Crippen LogP contribution in [0.4, 0.5) is 0 Å². The van der Waals surface area contributed by atoms with Gasteiger partial charge < -0.3 is 14.4 Å². The number of nitrogens with zero attached hydrogens (tertiary/aromatic N) is 2. The van der Waals surface area contributed by atoms with Gasteiger partial charge in [0.1, 0.15) is 0 Å². The first kappa shape index (κ1) is 17.7. The normalized spacial score (nSPS) is 25.7. The number of ether oxygens (including phenoxy) is 2. The number of benzene rings is 1. The Morgan fingerprint density at radius 3 is 3.00 bits per heavy atom. The molecular weight excluding hydrogens is 316 g/mol. The van der Waals surface area contributed by atoms with Crippen LogP contribution in [0, 0.1) is 17.2 Å². The van der Waals surface area contributed by atoms with Crippen LogP contribution in [0.2, 0.25) is 0 Å². The summed E-state index contributed by atoms with van der Waals surface area (Å²) in [5.41, 5.74) is 0.889. The maximum atomic E-state index is 12.8. The first-order chi connectivity index (χ1) is 12.2. The van der Waals surface area contributed by atoms with Crippen LogP contribution >= 0.6 is 0 Å². The van der Waals surface area contributed by atoms with Gasteiger partial charge >= 0.3 is 0 Å². The Hall–Kier alpha value is -2.16. The molecule has 5 heteroatoms. The van der Waals surface area contributed by atoms with E-state index in [1.165, 1.54) is 0 Å². The van der Waals surface area contributed by atoms with E-state index in [1.54, 1.807) is 30.3 Å². The molecule has 2 atom stereocenters. The molecule has 1 saturated carbocycles. The van der Waals surface area contributed by atoms with Gasteiger partial charge in [-0.15, -0.1) is 6.58 Å².